The van der Waals surface area contributed by atoms with Crippen molar-refractivity contribution in [2.45, 2.75) is 12.8 Å². The van der Waals surface area contributed by atoms with E-state index in [9.17, 15) is 0 Å². The SMILES string of the molecule is COc1cc(CCc2cc(-c3nc4cc(-c5ccc(N6CCOCC6)cc5)ccc4[nH]3)n[nH]2)cc(OC)c1. The molecule has 0 amide bonds. The second-order valence-electron chi connectivity index (χ2n) is 9.46. The number of benzene rings is 3. The maximum absolute atomic E-state index is 5.47. The Bertz CT molecular complexity index is 1510. The minimum Gasteiger partial charge on any atom is -0.497 e. The van der Waals surface area contributed by atoms with Crippen LogP contribution < -0.4 is 14.4 Å². The zero-order valence-electron chi connectivity index (χ0n) is 21.7. The van der Waals surface area contributed by atoms with Crippen LogP contribution in [0.25, 0.3) is 33.7 Å². The first-order chi connectivity index (χ1) is 18.7. The Balaban J connectivity index is 1.16. The minimum atomic E-state index is 0.755. The molecule has 0 unspecified atom stereocenters. The largest absolute Gasteiger partial charge is 0.497 e. The van der Waals surface area contributed by atoms with Gasteiger partial charge in [-0.25, -0.2) is 4.98 Å². The minimum absolute atomic E-state index is 0.755. The Kier molecular flexibility index (Phi) is 6.71. The van der Waals surface area contributed by atoms with Gasteiger partial charge in [-0.2, -0.15) is 5.10 Å². The Hall–Kier alpha value is -4.30. The zero-order chi connectivity index (χ0) is 25.9. The summed E-state index contributed by atoms with van der Waals surface area (Å²) in [6.07, 6.45) is 1.65. The molecule has 0 radical (unpaired) electrons. The van der Waals surface area contributed by atoms with Crippen LogP contribution in [0.1, 0.15) is 11.3 Å². The van der Waals surface area contributed by atoms with Crippen LogP contribution in [0.15, 0.2) is 66.7 Å². The molecule has 0 aliphatic carbocycles. The summed E-state index contributed by atoms with van der Waals surface area (Å²) in [6.45, 7) is 3.45. The molecule has 2 aromatic heterocycles. The normalized spacial score (nSPS) is 13.7. The smallest absolute Gasteiger partial charge is 0.159 e. The third-order valence-electron chi connectivity index (χ3n) is 7.03. The van der Waals surface area contributed by atoms with Crippen LogP contribution >= 0.6 is 0 Å². The maximum Gasteiger partial charge on any atom is 0.159 e. The molecule has 1 aliphatic rings. The molecule has 1 saturated heterocycles. The number of aromatic amines is 2. The summed E-state index contributed by atoms with van der Waals surface area (Å²) in [7, 11) is 3.33. The van der Waals surface area contributed by atoms with Gasteiger partial charge in [0.2, 0.25) is 0 Å². The zero-order valence-corrected chi connectivity index (χ0v) is 21.7. The van der Waals surface area contributed by atoms with E-state index in [-0.39, 0.29) is 0 Å². The summed E-state index contributed by atoms with van der Waals surface area (Å²) in [4.78, 5) is 10.6. The highest BCUT2D eigenvalue weighted by Crippen LogP contribution is 2.28. The second kappa shape index (κ2) is 10.6. The average molecular weight is 510 g/mol. The summed E-state index contributed by atoms with van der Waals surface area (Å²) in [5.74, 6) is 2.34. The van der Waals surface area contributed by atoms with Gasteiger partial charge in [0, 0.05) is 30.5 Å². The molecule has 5 aromatic rings. The number of hydrogen-bond donors (Lipinski definition) is 2. The first-order valence-corrected chi connectivity index (χ1v) is 12.9. The molecule has 0 atom stereocenters. The van der Waals surface area contributed by atoms with Crippen LogP contribution in [-0.2, 0) is 17.6 Å². The van der Waals surface area contributed by atoms with E-state index >= 15 is 0 Å². The summed E-state index contributed by atoms with van der Waals surface area (Å²) in [6, 6.07) is 23.1. The summed E-state index contributed by atoms with van der Waals surface area (Å²) in [5.41, 5.74) is 8.44. The lowest BCUT2D eigenvalue weighted by atomic mass is 10.0. The Labute approximate surface area is 221 Å². The average Bonchev–Trinajstić information content (AvgIpc) is 3.63. The van der Waals surface area contributed by atoms with Crippen molar-refractivity contribution in [2.24, 2.45) is 0 Å². The molecule has 8 nitrogen and oxygen atoms in total. The number of imidazole rings is 1. The Morgan fingerprint density at radius 2 is 1.58 bits per heavy atom. The van der Waals surface area contributed by atoms with Gasteiger partial charge in [0.05, 0.1) is 38.5 Å². The summed E-state index contributed by atoms with van der Waals surface area (Å²) < 4.78 is 16.2. The van der Waals surface area contributed by atoms with E-state index < -0.39 is 0 Å². The quantitative estimate of drug-likeness (QED) is 0.297. The Morgan fingerprint density at radius 1 is 0.842 bits per heavy atom. The number of hydrogen-bond acceptors (Lipinski definition) is 6. The molecule has 3 heterocycles. The van der Waals surface area contributed by atoms with E-state index in [0.717, 1.165) is 90.0 Å². The molecule has 6 rings (SSSR count). The molecule has 3 aromatic carbocycles. The second-order valence-corrected chi connectivity index (χ2v) is 9.46. The number of H-pyrrole nitrogens is 2. The number of methoxy groups -OCH3 is 2. The standard InChI is InChI=1S/C30H31N5O3/c1-36-25-15-20(16-26(19-25)37-2)3-7-23-18-29(34-33-23)30-31-27-10-6-22(17-28(27)32-30)21-4-8-24(9-5-21)35-11-13-38-14-12-35/h4-6,8-10,15-19H,3,7,11-14H2,1-2H3,(H,31,32)(H,33,34). The number of fused-ring (bicyclic) bond motifs is 1. The highest BCUT2D eigenvalue weighted by molar-refractivity contribution is 5.84. The molecular formula is C30H31N5O3. The van der Waals surface area contributed by atoms with Crippen molar-refractivity contribution in [3.05, 3.63) is 78.0 Å². The third-order valence-corrected chi connectivity index (χ3v) is 7.03. The fraction of sp³-hybridized carbons (Fsp3) is 0.267. The molecule has 0 spiro atoms. The molecule has 38 heavy (non-hydrogen) atoms. The monoisotopic (exact) mass is 509 g/mol. The summed E-state index contributed by atoms with van der Waals surface area (Å²) >= 11 is 0. The van der Waals surface area contributed by atoms with Crippen molar-refractivity contribution in [2.75, 3.05) is 45.4 Å². The van der Waals surface area contributed by atoms with E-state index in [1.165, 1.54) is 11.3 Å². The van der Waals surface area contributed by atoms with E-state index in [2.05, 4.69) is 68.6 Å². The summed E-state index contributed by atoms with van der Waals surface area (Å²) in [5, 5.41) is 7.68. The number of nitrogens with one attached hydrogen (secondary N) is 2. The van der Waals surface area contributed by atoms with Gasteiger partial charge in [-0.3, -0.25) is 5.10 Å². The van der Waals surface area contributed by atoms with Gasteiger partial charge in [0.1, 0.15) is 17.2 Å². The lowest BCUT2D eigenvalue weighted by Gasteiger charge is -2.28. The van der Waals surface area contributed by atoms with Gasteiger partial charge < -0.3 is 24.1 Å². The number of anilines is 1. The predicted octanol–water partition coefficient (Wildman–Crippen LogP) is 5.26. The van der Waals surface area contributed by atoms with Crippen LogP contribution in [0.4, 0.5) is 5.69 Å². The number of aryl methyl sites for hydroxylation is 2. The van der Waals surface area contributed by atoms with Crippen molar-refractivity contribution in [3.63, 3.8) is 0 Å². The molecular weight excluding hydrogens is 478 g/mol. The van der Waals surface area contributed by atoms with Crippen LogP contribution in [0.3, 0.4) is 0 Å². The van der Waals surface area contributed by atoms with Crippen molar-refractivity contribution in [1.29, 1.82) is 0 Å². The molecule has 1 fully saturated rings. The fourth-order valence-electron chi connectivity index (χ4n) is 4.89. The number of rotatable bonds is 8. The van der Waals surface area contributed by atoms with Crippen molar-refractivity contribution < 1.29 is 14.2 Å². The lowest BCUT2D eigenvalue weighted by molar-refractivity contribution is 0.122. The van der Waals surface area contributed by atoms with Gasteiger partial charge in [0.25, 0.3) is 0 Å². The first-order valence-electron chi connectivity index (χ1n) is 12.9. The topological polar surface area (TPSA) is 88.3 Å². The van der Waals surface area contributed by atoms with E-state index in [4.69, 9.17) is 19.2 Å². The van der Waals surface area contributed by atoms with Crippen LogP contribution in [0.2, 0.25) is 0 Å². The van der Waals surface area contributed by atoms with Crippen LogP contribution in [0.5, 0.6) is 11.5 Å². The van der Waals surface area contributed by atoms with Gasteiger partial charge in [0.15, 0.2) is 5.82 Å². The number of ether oxygens (including phenoxy) is 3. The van der Waals surface area contributed by atoms with Gasteiger partial charge in [-0.15, -0.1) is 0 Å². The molecule has 194 valence electrons. The van der Waals surface area contributed by atoms with E-state index in [1.807, 2.05) is 18.2 Å². The van der Waals surface area contributed by atoms with Gasteiger partial charge in [-0.05, 0) is 72.0 Å². The van der Waals surface area contributed by atoms with Crippen molar-refractivity contribution in [1.82, 2.24) is 20.2 Å². The van der Waals surface area contributed by atoms with E-state index in [1.54, 1.807) is 14.2 Å². The Morgan fingerprint density at radius 3 is 2.32 bits per heavy atom. The first kappa shape index (κ1) is 24.1. The fourth-order valence-corrected chi connectivity index (χ4v) is 4.89. The highest BCUT2D eigenvalue weighted by atomic mass is 16.5. The van der Waals surface area contributed by atoms with E-state index in [0.29, 0.717) is 0 Å². The van der Waals surface area contributed by atoms with Gasteiger partial charge in [-0.1, -0.05) is 18.2 Å². The number of morpholine rings is 1. The van der Waals surface area contributed by atoms with Crippen LogP contribution in [-0.4, -0.2) is 60.7 Å². The lowest BCUT2D eigenvalue weighted by Crippen LogP contribution is -2.36. The predicted molar refractivity (Wildman–Crippen MR) is 149 cm³/mol. The number of nitrogens with zero attached hydrogens (tertiary/aromatic N) is 3. The molecule has 0 saturated carbocycles. The molecule has 2 N–H and O–H groups in total. The molecule has 0 bridgehead atoms. The van der Waals surface area contributed by atoms with Crippen molar-refractivity contribution in [3.8, 4) is 34.1 Å². The molecule has 8 heteroatoms. The van der Waals surface area contributed by atoms with Crippen LogP contribution in [0, 0.1) is 0 Å². The number of aromatic nitrogens is 4. The van der Waals surface area contributed by atoms with Gasteiger partial charge >= 0.3 is 0 Å². The third kappa shape index (κ3) is 5.08. The highest BCUT2D eigenvalue weighted by Gasteiger charge is 2.13. The maximum atomic E-state index is 5.47. The molecule has 1 aliphatic heterocycles. The van der Waals surface area contributed by atoms with Crippen molar-refractivity contribution >= 4 is 16.7 Å².